The van der Waals surface area contributed by atoms with E-state index in [0.717, 1.165) is 9.75 Å². The number of esters is 1. The molecule has 98 valence electrons. The molecular formula is C12H16N2O3S. The van der Waals surface area contributed by atoms with Crippen molar-refractivity contribution in [2.45, 2.75) is 27.7 Å². The fraction of sp³-hybridized carbons (Fsp3) is 0.417. The Labute approximate surface area is 110 Å². The molecular weight excluding hydrogens is 252 g/mol. The maximum atomic E-state index is 11.3. The van der Waals surface area contributed by atoms with Crippen molar-refractivity contribution in [1.82, 2.24) is 10.1 Å². The van der Waals surface area contributed by atoms with Crippen LogP contribution < -0.4 is 0 Å². The molecule has 0 aromatic carbocycles. The molecule has 0 N–H and O–H groups in total. The lowest BCUT2D eigenvalue weighted by Crippen LogP contribution is -2.04. The Morgan fingerprint density at radius 3 is 2.72 bits per heavy atom. The minimum Gasteiger partial charge on any atom is -0.459 e. The SMILES string of the molecule is CC.CCOC(=O)c1nc(-c2ccc(C)s2)no1. The number of thiophene rings is 1. The summed E-state index contributed by atoms with van der Waals surface area (Å²) in [6.45, 7) is 7.99. The summed E-state index contributed by atoms with van der Waals surface area (Å²) < 4.78 is 9.56. The van der Waals surface area contributed by atoms with E-state index in [-0.39, 0.29) is 12.5 Å². The van der Waals surface area contributed by atoms with E-state index in [1.54, 1.807) is 18.3 Å². The van der Waals surface area contributed by atoms with Crippen molar-refractivity contribution < 1.29 is 14.1 Å². The second-order valence-corrected chi connectivity index (χ2v) is 4.34. The van der Waals surface area contributed by atoms with Gasteiger partial charge < -0.3 is 9.26 Å². The first-order valence-corrected chi connectivity index (χ1v) is 6.60. The van der Waals surface area contributed by atoms with E-state index in [1.807, 2.05) is 32.9 Å². The highest BCUT2D eigenvalue weighted by molar-refractivity contribution is 7.15. The molecule has 0 radical (unpaired) electrons. The molecule has 2 rings (SSSR count). The molecule has 0 spiro atoms. The molecule has 2 aromatic heterocycles. The number of carbonyl (C=O) groups is 1. The fourth-order valence-corrected chi connectivity index (χ4v) is 1.95. The molecule has 0 saturated carbocycles. The summed E-state index contributed by atoms with van der Waals surface area (Å²) in [5, 5.41) is 3.73. The Hall–Kier alpha value is -1.69. The second-order valence-electron chi connectivity index (χ2n) is 3.05. The van der Waals surface area contributed by atoms with E-state index in [0.29, 0.717) is 5.82 Å². The predicted molar refractivity (Wildman–Crippen MR) is 69.7 cm³/mol. The molecule has 0 amide bonds. The molecule has 2 heterocycles. The van der Waals surface area contributed by atoms with Crippen molar-refractivity contribution >= 4 is 17.3 Å². The summed E-state index contributed by atoms with van der Waals surface area (Å²) in [7, 11) is 0. The number of ether oxygens (including phenoxy) is 1. The molecule has 5 nitrogen and oxygen atoms in total. The standard InChI is InChI=1S/C10H10N2O3S.C2H6/c1-3-14-10(13)9-11-8(12-15-9)7-5-4-6(2)16-7;1-2/h4-5H,3H2,1-2H3;1-2H3. The average molecular weight is 268 g/mol. The Bertz CT molecular complexity index is 505. The van der Waals surface area contributed by atoms with Crippen LogP contribution >= 0.6 is 11.3 Å². The van der Waals surface area contributed by atoms with Crippen LogP contribution in [0.15, 0.2) is 16.7 Å². The maximum Gasteiger partial charge on any atom is 0.397 e. The summed E-state index contributed by atoms with van der Waals surface area (Å²) in [6.07, 6.45) is 0. The molecule has 0 aliphatic carbocycles. The van der Waals surface area contributed by atoms with Gasteiger partial charge in [-0.2, -0.15) is 4.98 Å². The highest BCUT2D eigenvalue weighted by Crippen LogP contribution is 2.24. The highest BCUT2D eigenvalue weighted by Gasteiger charge is 2.17. The predicted octanol–water partition coefficient (Wildman–Crippen LogP) is 3.31. The van der Waals surface area contributed by atoms with Crippen LogP contribution in [0.25, 0.3) is 10.7 Å². The number of hydrogen-bond donors (Lipinski definition) is 0. The van der Waals surface area contributed by atoms with Crippen LogP contribution in [-0.2, 0) is 4.74 Å². The molecule has 18 heavy (non-hydrogen) atoms. The number of nitrogens with zero attached hydrogens (tertiary/aromatic N) is 2. The quantitative estimate of drug-likeness (QED) is 0.799. The van der Waals surface area contributed by atoms with Gasteiger partial charge in [-0.3, -0.25) is 0 Å². The molecule has 6 heteroatoms. The average Bonchev–Trinajstić information content (AvgIpc) is 3.00. The van der Waals surface area contributed by atoms with E-state index < -0.39 is 5.97 Å². The van der Waals surface area contributed by atoms with Gasteiger partial charge in [-0.1, -0.05) is 19.0 Å². The van der Waals surface area contributed by atoms with Gasteiger partial charge in [0.1, 0.15) is 0 Å². The van der Waals surface area contributed by atoms with Gasteiger partial charge in [0.05, 0.1) is 11.5 Å². The Morgan fingerprint density at radius 2 is 2.17 bits per heavy atom. The van der Waals surface area contributed by atoms with Crippen LogP contribution in [0.5, 0.6) is 0 Å². The van der Waals surface area contributed by atoms with Crippen LogP contribution in [0.4, 0.5) is 0 Å². The Balaban J connectivity index is 0.000000771. The molecule has 2 aromatic rings. The number of carbonyl (C=O) groups excluding carboxylic acids is 1. The highest BCUT2D eigenvalue weighted by atomic mass is 32.1. The molecule has 0 unspecified atom stereocenters. The first-order valence-electron chi connectivity index (χ1n) is 5.78. The fourth-order valence-electron chi connectivity index (χ4n) is 1.15. The van der Waals surface area contributed by atoms with Crippen LogP contribution in [0.2, 0.25) is 0 Å². The van der Waals surface area contributed by atoms with Crippen molar-refractivity contribution in [1.29, 1.82) is 0 Å². The first kappa shape index (κ1) is 14.4. The molecule has 0 aliphatic rings. The Morgan fingerprint density at radius 1 is 1.44 bits per heavy atom. The summed E-state index contributed by atoms with van der Waals surface area (Å²) in [5.74, 6) is -0.279. The summed E-state index contributed by atoms with van der Waals surface area (Å²) >= 11 is 1.54. The normalized spacial score (nSPS) is 9.56. The topological polar surface area (TPSA) is 65.2 Å². The van der Waals surface area contributed by atoms with Crippen molar-refractivity contribution in [2.24, 2.45) is 0 Å². The lowest BCUT2D eigenvalue weighted by atomic mass is 10.4. The molecule has 0 bridgehead atoms. The maximum absolute atomic E-state index is 11.3. The molecule has 0 aliphatic heterocycles. The minimum atomic E-state index is -0.588. The number of aryl methyl sites for hydroxylation is 1. The van der Waals surface area contributed by atoms with Crippen molar-refractivity contribution in [3.63, 3.8) is 0 Å². The van der Waals surface area contributed by atoms with Crippen molar-refractivity contribution in [3.8, 4) is 10.7 Å². The summed E-state index contributed by atoms with van der Waals surface area (Å²) in [6, 6.07) is 3.85. The zero-order valence-electron chi connectivity index (χ0n) is 10.9. The third-order valence-electron chi connectivity index (χ3n) is 1.84. The number of rotatable bonds is 3. The van der Waals surface area contributed by atoms with Gasteiger partial charge >= 0.3 is 11.9 Å². The summed E-state index contributed by atoms with van der Waals surface area (Å²) in [5.41, 5.74) is 0. The van der Waals surface area contributed by atoms with E-state index in [2.05, 4.69) is 10.1 Å². The third-order valence-corrected chi connectivity index (χ3v) is 2.83. The summed E-state index contributed by atoms with van der Waals surface area (Å²) in [4.78, 5) is 17.3. The van der Waals surface area contributed by atoms with Gasteiger partial charge in [-0.15, -0.1) is 11.3 Å². The van der Waals surface area contributed by atoms with E-state index in [4.69, 9.17) is 9.26 Å². The van der Waals surface area contributed by atoms with Gasteiger partial charge in [0.25, 0.3) is 0 Å². The molecule has 0 saturated heterocycles. The van der Waals surface area contributed by atoms with E-state index >= 15 is 0 Å². The van der Waals surface area contributed by atoms with Crippen molar-refractivity contribution in [2.75, 3.05) is 6.61 Å². The van der Waals surface area contributed by atoms with Crippen LogP contribution in [0.3, 0.4) is 0 Å². The minimum absolute atomic E-state index is 0.108. The largest absolute Gasteiger partial charge is 0.459 e. The van der Waals surface area contributed by atoms with Crippen LogP contribution in [-0.4, -0.2) is 22.7 Å². The second kappa shape index (κ2) is 6.90. The van der Waals surface area contributed by atoms with Crippen LogP contribution in [0.1, 0.15) is 36.3 Å². The van der Waals surface area contributed by atoms with Gasteiger partial charge in [-0.05, 0) is 26.0 Å². The van der Waals surface area contributed by atoms with Gasteiger partial charge in [0.2, 0.25) is 5.82 Å². The number of hydrogen-bond acceptors (Lipinski definition) is 6. The first-order chi connectivity index (χ1) is 8.70. The Kier molecular flexibility index (Phi) is 5.51. The molecule has 0 fully saturated rings. The monoisotopic (exact) mass is 268 g/mol. The van der Waals surface area contributed by atoms with Gasteiger partial charge in [0.15, 0.2) is 0 Å². The van der Waals surface area contributed by atoms with Gasteiger partial charge in [0, 0.05) is 4.88 Å². The third kappa shape index (κ3) is 3.40. The van der Waals surface area contributed by atoms with Gasteiger partial charge in [-0.25, -0.2) is 4.79 Å². The lowest BCUT2D eigenvalue weighted by Gasteiger charge is -1.93. The lowest BCUT2D eigenvalue weighted by molar-refractivity contribution is 0.0470. The molecule has 0 atom stereocenters. The zero-order valence-corrected chi connectivity index (χ0v) is 11.7. The van der Waals surface area contributed by atoms with E-state index in [1.165, 1.54) is 0 Å². The zero-order chi connectivity index (χ0) is 13.5. The van der Waals surface area contributed by atoms with Crippen LogP contribution in [0, 0.1) is 6.92 Å². The van der Waals surface area contributed by atoms with E-state index in [9.17, 15) is 4.79 Å². The number of aromatic nitrogens is 2. The van der Waals surface area contributed by atoms with Crippen molar-refractivity contribution in [3.05, 3.63) is 22.9 Å². The smallest absolute Gasteiger partial charge is 0.397 e.